The predicted octanol–water partition coefficient (Wildman–Crippen LogP) is 12.5. The van der Waals surface area contributed by atoms with Crippen molar-refractivity contribution in [1.29, 1.82) is 0 Å². The lowest BCUT2D eigenvalue weighted by Crippen LogP contribution is -2.15. The van der Waals surface area contributed by atoms with Crippen LogP contribution in [-0.4, -0.2) is 0 Å². The lowest BCUT2D eigenvalue weighted by atomic mass is 9.80. The molecule has 0 nitrogen and oxygen atoms in total. The number of rotatable bonds is 3. The molecule has 0 amide bonds. The van der Waals surface area contributed by atoms with Gasteiger partial charge in [0.25, 0.3) is 0 Å². The summed E-state index contributed by atoms with van der Waals surface area (Å²) in [4.78, 5) is 0. The predicted molar refractivity (Wildman–Crippen MR) is 193 cm³/mol. The van der Waals surface area contributed by atoms with E-state index in [1.165, 1.54) is 88.0 Å². The maximum Gasteiger partial charge on any atom is 0.0159 e. The smallest absolute Gasteiger partial charge is 0.0159 e. The minimum absolute atomic E-state index is 0.0765. The highest BCUT2D eigenvalue weighted by Crippen LogP contribution is 2.53. The number of benzene rings is 8. The fraction of sp³-hybridized carbons (Fsp3) is 0.0667. The highest BCUT2D eigenvalue weighted by Gasteiger charge is 2.37. The first-order chi connectivity index (χ1) is 22.1. The van der Waals surface area contributed by atoms with E-state index in [0.29, 0.717) is 0 Å². The molecule has 8 aromatic carbocycles. The molecule has 0 bridgehead atoms. The summed E-state index contributed by atoms with van der Waals surface area (Å²) in [6.07, 6.45) is 0. The molecule has 212 valence electrons. The van der Waals surface area contributed by atoms with E-state index in [4.69, 9.17) is 0 Å². The van der Waals surface area contributed by atoms with E-state index in [9.17, 15) is 0 Å². The normalized spacial score (nSPS) is 13.3. The molecule has 1 aliphatic carbocycles. The lowest BCUT2D eigenvalue weighted by Gasteiger charge is -2.23. The van der Waals surface area contributed by atoms with Gasteiger partial charge in [0.05, 0.1) is 0 Å². The zero-order valence-corrected chi connectivity index (χ0v) is 25.5. The summed E-state index contributed by atoms with van der Waals surface area (Å²) in [5.41, 5.74) is 13.0. The first-order valence-corrected chi connectivity index (χ1v) is 15.9. The third kappa shape index (κ3) is 3.99. The summed E-state index contributed by atoms with van der Waals surface area (Å²) >= 11 is 0. The number of fused-ring (bicyclic) bond motifs is 7. The Morgan fingerprint density at radius 2 is 0.933 bits per heavy atom. The lowest BCUT2D eigenvalue weighted by molar-refractivity contribution is 0.661. The molecular weight excluding hydrogens is 540 g/mol. The fourth-order valence-corrected chi connectivity index (χ4v) is 7.71. The minimum atomic E-state index is -0.0765. The van der Waals surface area contributed by atoms with Crippen molar-refractivity contribution >= 4 is 32.3 Å². The summed E-state index contributed by atoms with van der Waals surface area (Å²) in [6, 6.07) is 58.4. The Kier molecular flexibility index (Phi) is 5.64. The van der Waals surface area contributed by atoms with Gasteiger partial charge in [0.15, 0.2) is 0 Å². The van der Waals surface area contributed by atoms with Crippen molar-refractivity contribution in [3.8, 4) is 44.5 Å². The fourth-order valence-electron chi connectivity index (χ4n) is 7.71. The third-order valence-corrected chi connectivity index (χ3v) is 10.0. The average molecular weight is 573 g/mol. The van der Waals surface area contributed by atoms with Crippen LogP contribution in [0.4, 0.5) is 0 Å². The molecule has 1 aliphatic rings. The summed E-state index contributed by atoms with van der Waals surface area (Å²) in [6.45, 7) is 4.76. The highest BCUT2D eigenvalue weighted by atomic mass is 14.4. The summed E-state index contributed by atoms with van der Waals surface area (Å²) < 4.78 is 0. The summed E-state index contributed by atoms with van der Waals surface area (Å²) in [5, 5.41) is 7.69. The molecule has 0 fully saturated rings. The number of hydrogen-bond acceptors (Lipinski definition) is 0. The molecule has 0 unspecified atom stereocenters. The van der Waals surface area contributed by atoms with Gasteiger partial charge in [-0.25, -0.2) is 0 Å². The molecule has 9 rings (SSSR count). The molecule has 0 aliphatic heterocycles. The van der Waals surface area contributed by atoms with Crippen molar-refractivity contribution in [3.05, 3.63) is 169 Å². The maximum atomic E-state index is 2.50. The van der Waals surface area contributed by atoms with Crippen molar-refractivity contribution in [2.24, 2.45) is 0 Å². The van der Waals surface area contributed by atoms with Crippen LogP contribution in [0.25, 0.3) is 76.8 Å². The van der Waals surface area contributed by atoms with E-state index in [1.54, 1.807) is 0 Å². The van der Waals surface area contributed by atoms with Crippen LogP contribution >= 0.6 is 0 Å². The molecule has 45 heavy (non-hydrogen) atoms. The Hall–Kier alpha value is -5.46. The molecular formula is C45H32. The zero-order valence-electron chi connectivity index (χ0n) is 25.5. The quantitative estimate of drug-likeness (QED) is 0.197. The second kappa shape index (κ2) is 9.78. The van der Waals surface area contributed by atoms with Crippen LogP contribution in [0.1, 0.15) is 25.0 Å². The van der Waals surface area contributed by atoms with Gasteiger partial charge in [-0.1, -0.05) is 141 Å². The van der Waals surface area contributed by atoms with E-state index in [1.807, 2.05) is 0 Å². The molecule has 0 atom stereocenters. The first kappa shape index (κ1) is 26.0. The van der Waals surface area contributed by atoms with E-state index < -0.39 is 0 Å². The van der Waals surface area contributed by atoms with Crippen LogP contribution < -0.4 is 0 Å². The van der Waals surface area contributed by atoms with E-state index in [0.717, 1.165) is 0 Å². The van der Waals surface area contributed by atoms with Crippen molar-refractivity contribution in [2.75, 3.05) is 0 Å². The molecule has 0 radical (unpaired) electrons. The number of hydrogen-bond donors (Lipinski definition) is 0. The molecule has 8 aromatic rings. The molecule has 0 heteroatoms. The van der Waals surface area contributed by atoms with Crippen LogP contribution in [0.5, 0.6) is 0 Å². The third-order valence-electron chi connectivity index (χ3n) is 10.0. The second-order valence-corrected chi connectivity index (χ2v) is 13.0. The first-order valence-electron chi connectivity index (χ1n) is 15.9. The molecule has 0 heterocycles. The monoisotopic (exact) mass is 572 g/mol. The van der Waals surface area contributed by atoms with Crippen molar-refractivity contribution < 1.29 is 0 Å². The zero-order chi connectivity index (χ0) is 30.1. The van der Waals surface area contributed by atoms with Crippen LogP contribution in [-0.2, 0) is 5.41 Å². The van der Waals surface area contributed by atoms with E-state index >= 15 is 0 Å². The Balaban J connectivity index is 1.29. The second-order valence-electron chi connectivity index (χ2n) is 13.0. The topological polar surface area (TPSA) is 0 Å². The van der Waals surface area contributed by atoms with Gasteiger partial charge in [-0.15, -0.1) is 0 Å². The Labute approximate surface area is 264 Å². The van der Waals surface area contributed by atoms with Crippen LogP contribution in [0.3, 0.4) is 0 Å². The standard InChI is InChI=1S/C45H32/c1-45(2)42-19-11-10-18-39(42)44-38-17-9-8-16-37(38)41(28-43(44)45)40-27-35(26-33-14-6-7-15-36(33)40)32-23-21-30-20-22-31(24-34(30)25-32)29-12-4-3-5-13-29/h3-28H,1-2H3. The van der Waals surface area contributed by atoms with Gasteiger partial charge in [-0.2, -0.15) is 0 Å². The van der Waals surface area contributed by atoms with Crippen molar-refractivity contribution in [3.63, 3.8) is 0 Å². The molecule has 0 aromatic heterocycles. The van der Waals surface area contributed by atoms with E-state index in [-0.39, 0.29) is 5.41 Å². The van der Waals surface area contributed by atoms with Crippen LogP contribution in [0.15, 0.2) is 158 Å². The Morgan fingerprint density at radius 3 is 1.73 bits per heavy atom. The van der Waals surface area contributed by atoms with E-state index in [2.05, 4.69) is 172 Å². The molecule has 0 saturated heterocycles. The van der Waals surface area contributed by atoms with Gasteiger partial charge in [0.2, 0.25) is 0 Å². The van der Waals surface area contributed by atoms with Crippen LogP contribution in [0.2, 0.25) is 0 Å². The average Bonchev–Trinajstić information content (AvgIpc) is 3.33. The van der Waals surface area contributed by atoms with Gasteiger partial charge in [0.1, 0.15) is 0 Å². The summed E-state index contributed by atoms with van der Waals surface area (Å²) in [7, 11) is 0. The largest absolute Gasteiger partial charge is 0.0622 e. The Bertz CT molecular complexity index is 2440. The van der Waals surface area contributed by atoms with Crippen molar-refractivity contribution in [2.45, 2.75) is 19.3 Å². The van der Waals surface area contributed by atoms with Gasteiger partial charge < -0.3 is 0 Å². The Morgan fingerprint density at radius 1 is 0.333 bits per heavy atom. The minimum Gasteiger partial charge on any atom is -0.0622 e. The van der Waals surface area contributed by atoms with Gasteiger partial charge in [-0.3, -0.25) is 0 Å². The molecule has 0 N–H and O–H groups in total. The van der Waals surface area contributed by atoms with Gasteiger partial charge in [-0.05, 0) is 118 Å². The van der Waals surface area contributed by atoms with Crippen LogP contribution in [0, 0.1) is 0 Å². The van der Waals surface area contributed by atoms with Gasteiger partial charge in [0, 0.05) is 5.41 Å². The molecule has 0 saturated carbocycles. The van der Waals surface area contributed by atoms with Gasteiger partial charge >= 0.3 is 0 Å². The molecule has 0 spiro atoms. The SMILES string of the molecule is CC1(C)c2ccccc2-c2c1cc(-c1cc(-c3ccc4ccc(-c5ccccc5)cc4c3)cc3ccccc13)c1ccccc21. The summed E-state index contributed by atoms with van der Waals surface area (Å²) in [5.74, 6) is 0. The highest BCUT2D eigenvalue weighted by molar-refractivity contribution is 6.13. The van der Waals surface area contributed by atoms with Crippen molar-refractivity contribution in [1.82, 2.24) is 0 Å². The maximum absolute atomic E-state index is 2.50.